The zero-order valence-electron chi connectivity index (χ0n) is 13.1. The molecule has 0 aliphatic heterocycles. The number of rotatable bonds is 8. The predicted molar refractivity (Wildman–Crippen MR) is 93.7 cm³/mol. The van der Waals surface area contributed by atoms with Crippen LogP contribution in [0.2, 0.25) is 0 Å². The van der Waals surface area contributed by atoms with Crippen molar-refractivity contribution in [2.75, 3.05) is 6.54 Å². The molecule has 3 N–H and O–H groups in total. The summed E-state index contributed by atoms with van der Waals surface area (Å²) in [6, 6.07) is 7.34. The van der Waals surface area contributed by atoms with Gasteiger partial charge in [0.2, 0.25) is 0 Å². The molecule has 3 nitrogen and oxygen atoms in total. The van der Waals surface area contributed by atoms with Gasteiger partial charge in [-0.3, -0.25) is 0 Å². The summed E-state index contributed by atoms with van der Waals surface area (Å²) in [7, 11) is 0. The maximum Gasteiger partial charge on any atom is 0.115 e. The topological polar surface area (TPSA) is 48.0 Å². The van der Waals surface area contributed by atoms with Crippen LogP contribution in [0.4, 0.5) is 0 Å². The van der Waals surface area contributed by atoms with Crippen LogP contribution in [0.3, 0.4) is 0 Å². The Hall–Kier alpha value is -2.26. The maximum absolute atomic E-state index is 9.44. The van der Waals surface area contributed by atoms with Crippen molar-refractivity contribution in [3.8, 4) is 5.75 Å². The fourth-order valence-electron chi connectivity index (χ4n) is 2.44. The Balaban J connectivity index is 1.88. The minimum Gasteiger partial charge on any atom is -0.508 e. The zero-order valence-corrected chi connectivity index (χ0v) is 13.1. The standard InChI is InChI=1S/C19H24N2O/c1-3-5-9-19-18(4-2)16(14-21-19)10-11-20-13-15-7-6-8-17(22)12-15/h4-9,12,14,20-22H,2-3,10-11,13H2,1H3/b9-5-. The third kappa shape index (κ3) is 4.37. The van der Waals surface area contributed by atoms with Gasteiger partial charge in [0.1, 0.15) is 5.75 Å². The molecule has 2 aromatic rings. The molecule has 0 amide bonds. The SMILES string of the molecule is C=Cc1c(CCNCc2cccc(O)c2)c[nH]c1/C=C\CC. The smallest absolute Gasteiger partial charge is 0.115 e. The van der Waals surface area contributed by atoms with E-state index in [-0.39, 0.29) is 0 Å². The lowest BCUT2D eigenvalue weighted by molar-refractivity contribution is 0.474. The molecule has 0 unspecified atom stereocenters. The molecule has 0 saturated carbocycles. The Morgan fingerprint density at radius 2 is 2.23 bits per heavy atom. The van der Waals surface area contributed by atoms with Crippen LogP contribution in [0.15, 0.2) is 43.1 Å². The fraction of sp³-hybridized carbons (Fsp3) is 0.263. The zero-order chi connectivity index (χ0) is 15.8. The minimum atomic E-state index is 0.311. The van der Waals surface area contributed by atoms with Crippen LogP contribution in [-0.4, -0.2) is 16.6 Å². The number of allylic oxidation sites excluding steroid dienone is 1. The fourth-order valence-corrected chi connectivity index (χ4v) is 2.44. The molecule has 0 aliphatic rings. The molecule has 1 aromatic carbocycles. The molecule has 22 heavy (non-hydrogen) atoms. The van der Waals surface area contributed by atoms with E-state index in [4.69, 9.17) is 0 Å². The molecule has 0 saturated heterocycles. The van der Waals surface area contributed by atoms with Gasteiger partial charge in [-0.15, -0.1) is 0 Å². The molecule has 0 aliphatic carbocycles. The second kappa shape index (κ2) is 8.25. The van der Waals surface area contributed by atoms with Crippen LogP contribution in [0, 0.1) is 0 Å². The largest absolute Gasteiger partial charge is 0.508 e. The summed E-state index contributed by atoms with van der Waals surface area (Å²) < 4.78 is 0. The lowest BCUT2D eigenvalue weighted by atomic mass is 10.1. The van der Waals surface area contributed by atoms with Crippen LogP contribution >= 0.6 is 0 Å². The van der Waals surface area contributed by atoms with Crippen LogP contribution < -0.4 is 5.32 Å². The highest BCUT2D eigenvalue weighted by atomic mass is 16.3. The van der Waals surface area contributed by atoms with E-state index in [1.165, 1.54) is 11.1 Å². The van der Waals surface area contributed by atoms with Crippen molar-refractivity contribution < 1.29 is 5.11 Å². The number of aromatic nitrogens is 1. The van der Waals surface area contributed by atoms with Gasteiger partial charge in [0.25, 0.3) is 0 Å². The number of aromatic hydroxyl groups is 1. The number of H-pyrrole nitrogens is 1. The van der Waals surface area contributed by atoms with E-state index in [2.05, 4.69) is 42.2 Å². The molecule has 1 aromatic heterocycles. The number of nitrogens with one attached hydrogen (secondary N) is 2. The predicted octanol–water partition coefficient (Wildman–Crippen LogP) is 4.12. The van der Waals surface area contributed by atoms with Crippen molar-refractivity contribution in [1.82, 2.24) is 10.3 Å². The first-order valence-corrected chi connectivity index (χ1v) is 7.72. The molecule has 0 bridgehead atoms. The normalized spacial score (nSPS) is 11.1. The number of hydrogen-bond donors (Lipinski definition) is 3. The summed E-state index contributed by atoms with van der Waals surface area (Å²) in [6.45, 7) is 7.68. The Bertz CT molecular complexity index is 641. The van der Waals surface area contributed by atoms with Crippen LogP contribution in [0.5, 0.6) is 5.75 Å². The van der Waals surface area contributed by atoms with Crippen molar-refractivity contribution in [1.29, 1.82) is 0 Å². The van der Waals surface area contributed by atoms with Gasteiger partial charge in [0.15, 0.2) is 0 Å². The Morgan fingerprint density at radius 1 is 1.36 bits per heavy atom. The lowest BCUT2D eigenvalue weighted by Crippen LogP contribution is -2.16. The van der Waals surface area contributed by atoms with E-state index in [1.54, 1.807) is 12.1 Å². The van der Waals surface area contributed by atoms with E-state index in [1.807, 2.05) is 18.2 Å². The Kier molecular flexibility index (Phi) is 6.04. The van der Waals surface area contributed by atoms with Crippen molar-refractivity contribution in [3.05, 3.63) is 65.5 Å². The van der Waals surface area contributed by atoms with Gasteiger partial charge in [0, 0.05) is 24.0 Å². The summed E-state index contributed by atoms with van der Waals surface area (Å²) in [4.78, 5) is 3.31. The van der Waals surface area contributed by atoms with Crippen LogP contribution in [0.25, 0.3) is 12.2 Å². The van der Waals surface area contributed by atoms with Crippen molar-refractivity contribution in [3.63, 3.8) is 0 Å². The quantitative estimate of drug-likeness (QED) is 0.642. The van der Waals surface area contributed by atoms with E-state index < -0.39 is 0 Å². The highest BCUT2D eigenvalue weighted by Crippen LogP contribution is 2.18. The number of hydrogen-bond acceptors (Lipinski definition) is 2. The molecular formula is C19H24N2O. The van der Waals surface area contributed by atoms with Crippen molar-refractivity contribution >= 4 is 12.2 Å². The van der Waals surface area contributed by atoms with Gasteiger partial charge in [-0.1, -0.05) is 37.8 Å². The van der Waals surface area contributed by atoms with Crippen molar-refractivity contribution in [2.45, 2.75) is 26.3 Å². The van der Waals surface area contributed by atoms with E-state index in [9.17, 15) is 5.11 Å². The summed E-state index contributed by atoms with van der Waals surface area (Å²) in [5, 5.41) is 12.8. The minimum absolute atomic E-state index is 0.311. The first-order valence-electron chi connectivity index (χ1n) is 7.72. The highest BCUT2D eigenvalue weighted by molar-refractivity contribution is 5.65. The third-order valence-electron chi connectivity index (χ3n) is 3.57. The van der Waals surface area contributed by atoms with Gasteiger partial charge >= 0.3 is 0 Å². The van der Waals surface area contributed by atoms with E-state index in [0.29, 0.717) is 5.75 Å². The highest BCUT2D eigenvalue weighted by Gasteiger charge is 2.05. The first-order chi connectivity index (χ1) is 10.7. The Labute approximate surface area is 132 Å². The lowest BCUT2D eigenvalue weighted by Gasteiger charge is -2.05. The van der Waals surface area contributed by atoms with Crippen molar-refractivity contribution in [2.24, 2.45) is 0 Å². The van der Waals surface area contributed by atoms with Crippen LogP contribution in [-0.2, 0) is 13.0 Å². The Morgan fingerprint density at radius 3 is 2.95 bits per heavy atom. The molecule has 3 heteroatoms. The summed E-state index contributed by atoms with van der Waals surface area (Å²) in [5.74, 6) is 0.311. The molecule has 0 radical (unpaired) electrons. The average molecular weight is 296 g/mol. The van der Waals surface area contributed by atoms with E-state index >= 15 is 0 Å². The molecule has 116 valence electrons. The van der Waals surface area contributed by atoms with Crippen LogP contribution in [0.1, 0.15) is 35.7 Å². The molecule has 0 atom stereocenters. The summed E-state index contributed by atoms with van der Waals surface area (Å²) in [5.41, 5.74) is 4.67. The molecule has 2 rings (SSSR count). The van der Waals surface area contributed by atoms with Gasteiger partial charge in [-0.2, -0.15) is 0 Å². The molecule has 1 heterocycles. The monoisotopic (exact) mass is 296 g/mol. The molecule has 0 fully saturated rings. The average Bonchev–Trinajstić information content (AvgIpc) is 2.91. The number of phenols is 1. The van der Waals surface area contributed by atoms with Gasteiger partial charge in [-0.05, 0) is 48.7 Å². The van der Waals surface area contributed by atoms with E-state index in [0.717, 1.165) is 37.2 Å². The third-order valence-corrected chi connectivity index (χ3v) is 3.57. The number of aromatic amines is 1. The number of benzene rings is 1. The number of phenolic OH excluding ortho intramolecular Hbond substituents is 1. The molecule has 0 spiro atoms. The van der Waals surface area contributed by atoms with Gasteiger partial charge in [-0.25, -0.2) is 0 Å². The maximum atomic E-state index is 9.44. The second-order valence-corrected chi connectivity index (χ2v) is 5.25. The summed E-state index contributed by atoms with van der Waals surface area (Å²) >= 11 is 0. The first kappa shape index (κ1) is 16.1. The van der Waals surface area contributed by atoms with Gasteiger partial charge in [0.05, 0.1) is 0 Å². The summed E-state index contributed by atoms with van der Waals surface area (Å²) in [6.07, 6.45) is 10.2. The second-order valence-electron chi connectivity index (χ2n) is 5.25. The van der Waals surface area contributed by atoms with Gasteiger partial charge < -0.3 is 15.4 Å². The molecular weight excluding hydrogens is 272 g/mol.